The van der Waals surface area contributed by atoms with Crippen molar-refractivity contribution in [3.8, 4) is 0 Å². The Kier molecular flexibility index (Phi) is 4.35. The lowest BCUT2D eigenvalue weighted by Crippen LogP contribution is -2.19. The van der Waals surface area contributed by atoms with Gasteiger partial charge in [0.1, 0.15) is 5.82 Å². The molecule has 0 saturated carbocycles. The highest BCUT2D eigenvalue weighted by molar-refractivity contribution is 9.10. The number of methoxy groups -OCH3 is 1. The van der Waals surface area contributed by atoms with E-state index in [0.29, 0.717) is 12.2 Å². The summed E-state index contributed by atoms with van der Waals surface area (Å²) in [5.41, 5.74) is 7.41. The van der Waals surface area contributed by atoms with Gasteiger partial charge < -0.3 is 15.8 Å². The average Bonchev–Trinajstić information content (AvgIpc) is 2.24. The van der Waals surface area contributed by atoms with Gasteiger partial charge in [-0.05, 0) is 35.3 Å². The van der Waals surface area contributed by atoms with Crippen LogP contribution in [0.15, 0.2) is 10.7 Å². The second-order valence-electron chi connectivity index (χ2n) is 3.43. The van der Waals surface area contributed by atoms with E-state index in [9.17, 15) is 0 Å². The van der Waals surface area contributed by atoms with E-state index in [0.717, 1.165) is 15.9 Å². The molecule has 0 aliphatic rings. The summed E-state index contributed by atoms with van der Waals surface area (Å²) >= 11 is 3.46. The molecule has 0 amide bonds. The molecule has 0 saturated heterocycles. The number of nitrogens with zero attached hydrogens (tertiary/aromatic N) is 1. The van der Waals surface area contributed by atoms with Gasteiger partial charge in [0.2, 0.25) is 0 Å². The maximum atomic E-state index is 5.73. The van der Waals surface area contributed by atoms with Crippen LogP contribution in [0, 0.1) is 6.92 Å². The summed E-state index contributed by atoms with van der Waals surface area (Å²) in [4.78, 5) is 4.21. The number of nitrogen functional groups attached to an aromatic ring is 1. The van der Waals surface area contributed by atoms with Crippen molar-refractivity contribution in [2.75, 3.05) is 24.7 Å². The van der Waals surface area contributed by atoms with Gasteiger partial charge in [0.15, 0.2) is 0 Å². The molecule has 1 aromatic heterocycles. The number of halogens is 1. The summed E-state index contributed by atoms with van der Waals surface area (Å²) in [7, 11) is 1.68. The summed E-state index contributed by atoms with van der Waals surface area (Å²) in [6.45, 7) is 4.66. The van der Waals surface area contributed by atoms with Crippen molar-refractivity contribution in [3.63, 3.8) is 0 Å². The van der Waals surface area contributed by atoms with Crippen LogP contribution >= 0.6 is 15.9 Å². The fourth-order valence-corrected chi connectivity index (χ4v) is 1.51. The van der Waals surface area contributed by atoms with Gasteiger partial charge in [0.05, 0.1) is 22.5 Å². The number of hydrogen-bond acceptors (Lipinski definition) is 4. The van der Waals surface area contributed by atoms with Crippen LogP contribution < -0.4 is 11.1 Å². The van der Waals surface area contributed by atoms with Crippen LogP contribution in [0.2, 0.25) is 0 Å². The predicted molar refractivity (Wildman–Crippen MR) is 66.0 cm³/mol. The van der Waals surface area contributed by atoms with E-state index in [1.165, 1.54) is 0 Å². The third kappa shape index (κ3) is 3.07. The average molecular weight is 274 g/mol. The van der Waals surface area contributed by atoms with Crippen molar-refractivity contribution in [1.82, 2.24) is 4.98 Å². The van der Waals surface area contributed by atoms with Gasteiger partial charge in [0.25, 0.3) is 0 Å². The minimum absolute atomic E-state index is 0.150. The monoisotopic (exact) mass is 273 g/mol. The molecule has 1 rings (SSSR count). The van der Waals surface area contributed by atoms with Gasteiger partial charge in [0, 0.05) is 13.7 Å². The molecule has 0 aromatic carbocycles. The smallest absolute Gasteiger partial charge is 0.140 e. The molecule has 3 N–H and O–H groups in total. The molecule has 0 aliphatic carbocycles. The Balaban J connectivity index is 2.74. The van der Waals surface area contributed by atoms with E-state index in [4.69, 9.17) is 10.5 Å². The van der Waals surface area contributed by atoms with Crippen LogP contribution in [0.3, 0.4) is 0 Å². The van der Waals surface area contributed by atoms with Crippen molar-refractivity contribution in [1.29, 1.82) is 0 Å². The lowest BCUT2D eigenvalue weighted by atomic mass is 10.2. The maximum absolute atomic E-state index is 5.73. The van der Waals surface area contributed by atoms with E-state index in [1.807, 2.05) is 13.8 Å². The van der Waals surface area contributed by atoms with Crippen LogP contribution in [-0.4, -0.2) is 24.7 Å². The SMILES string of the molecule is COC(C)CNc1ncc(N)c(C)c1Br. The van der Waals surface area contributed by atoms with E-state index < -0.39 is 0 Å². The Morgan fingerprint density at radius 3 is 2.93 bits per heavy atom. The van der Waals surface area contributed by atoms with E-state index in [1.54, 1.807) is 13.3 Å². The summed E-state index contributed by atoms with van der Waals surface area (Å²) in [5.74, 6) is 0.797. The number of pyridine rings is 1. The van der Waals surface area contributed by atoms with Crippen LogP contribution in [0.4, 0.5) is 11.5 Å². The Labute approximate surface area is 98.3 Å². The first-order valence-corrected chi connectivity index (χ1v) is 5.52. The lowest BCUT2D eigenvalue weighted by Gasteiger charge is -2.13. The molecule has 1 heterocycles. The molecular formula is C10H16BrN3O. The minimum atomic E-state index is 0.150. The number of nitrogens with two attached hydrogens (primary N) is 1. The van der Waals surface area contributed by atoms with Crippen molar-refractivity contribution >= 4 is 27.4 Å². The molecule has 1 aromatic rings. The molecular weight excluding hydrogens is 258 g/mol. The fourth-order valence-electron chi connectivity index (χ4n) is 1.04. The fraction of sp³-hybridized carbons (Fsp3) is 0.500. The number of hydrogen-bond donors (Lipinski definition) is 2. The van der Waals surface area contributed by atoms with Crippen molar-refractivity contribution < 1.29 is 4.74 Å². The maximum Gasteiger partial charge on any atom is 0.140 e. The highest BCUT2D eigenvalue weighted by atomic mass is 79.9. The van der Waals surface area contributed by atoms with Crippen molar-refractivity contribution in [3.05, 3.63) is 16.2 Å². The molecule has 0 spiro atoms. The van der Waals surface area contributed by atoms with Crippen LogP contribution in [0.1, 0.15) is 12.5 Å². The van der Waals surface area contributed by atoms with E-state index >= 15 is 0 Å². The zero-order chi connectivity index (χ0) is 11.4. The summed E-state index contributed by atoms with van der Waals surface area (Å²) in [6, 6.07) is 0. The number of anilines is 2. The third-order valence-corrected chi connectivity index (χ3v) is 3.23. The van der Waals surface area contributed by atoms with Gasteiger partial charge in [-0.15, -0.1) is 0 Å². The predicted octanol–water partition coefficient (Wildman–Crippen LogP) is 2.18. The van der Waals surface area contributed by atoms with Gasteiger partial charge in [-0.3, -0.25) is 0 Å². The molecule has 84 valence electrons. The van der Waals surface area contributed by atoms with Crippen LogP contribution in [0.25, 0.3) is 0 Å². The Morgan fingerprint density at radius 1 is 1.67 bits per heavy atom. The second-order valence-corrected chi connectivity index (χ2v) is 4.22. The van der Waals surface area contributed by atoms with Gasteiger partial charge in [-0.2, -0.15) is 0 Å². The van der Waals surface area contributed by atoms with Gasteiger partial charge >= 0.3 is 0 Å². The molecule has 0 bridgehead atoms. The summed E-state index contributed by atoms with van der Waals surface area (Å²) < 4.78 is 6.04. The molecule has 1 unspecified atom stereocenters. The minimum Gasteiger partial charge on any atom is -0.397 e. The Morgan fingerprint density at radius 2 is 2.33 bits per heavy atom. The highest BCUT2D eigenvalue weighted by Gasteiger charge is 2.08. The van der Waals surface area contributed by atoms with Crippen molar-refractivity contribution in [2.45, 2.75) is 20.0 Å². The quantitative estimate of drug-likeness (QED) is 0.883. The molecule has 1 atom stereocenters. The topological polar surface area (TPSA) is 60.2 Å². The number of aromatic nitrogens is 1. The number of rotatable bonds is 4. The molecule has 5 heteroatoms. The van der Waals surface area contributed by atoms with Crippen LogP contribution in [-0.2, 0) is 4.74 Å². The summed E-state index contributed by atoms with van der Waals surface area (Å²) in [5, 5.41) is 3.19. The zero-order valence-corrected chi connectivity index (χ0v) is 10.8. The van der Waals surface area contributed by atoms with Crippen LogP contribution in [0.5, 0.6) is 0 Å². The number of ether oxygens (including phenoxy) is 1. The zero-order valence-electron chi connectivity index (χ0n) is 9.17. The first-order valence-electron chi connectivity index (χ1n) is 4.73. The first kappa shape index (κ1) is 12.3. The van der Waals surface area contributed by atoms with E-state index in [2.05, 4.69) is 26.2 Å². The standard InChI is InChI=1S/C10H16BrN3O/c1-6(15-3)4-13-10-9(11)7(2)8(12)5-14-10/h5-6H,4,12H2,1-3H3,(H,13,14). The van der Waals surface area contributed by atoms with Gasteiger partial charge in [-0.1, -0.05) is 0 Å². The molecule has 0 radical (unpaired) electrons. The second kappa shape index (κ2) is 5.32. The normalized spacial score (nSPS) is 12.5. The molecule has 0 fully saturated rings. The van der Waals surface area contributed by atoms with E-state index in [-0.39, 0.29) is 6.10 Å². The third-order valence-electron chi connectivity index (χ3n) is 2.26. The largest absolute Gasteiger partial charge is 0.397 e. The highest BCUT2D eigenvalue weighted by Crippen LogP contribution is 2.27. The summed E-state index contributed by atoms with van der Waals surface area (Å²) in [6.07, 6.45) is 1.80. The molecule has 15 heavy (non-hydrogen) atoms. The Bertz CT molecular complexity index is 344. The van der Waals surface area contributed by atoms with Gasteiger partial charge in [-0.25, -0.2) is 4.98 Å². The molecule has 4 nitrogen and oxygen atoms in total. The first-order chi connectivity index (χ1) is 7.06. The Hall–Kier alpha value is -0.810. The number of nitrogens with one attached hydrogen (secondary N) is 1. The molecule has 0 aliphatic heterocycles. The lowest BCUT2D eigenvalue weighted by molar-refractivity contribution is 0.128. The van der Waals surface area contributed by atoms with Crippen molar-refractivity contribution in [2.24, 2.45) is 0 Å².